The molecule has 2 aliphatic rings. The molecule has 138 valence electrons. The maximum Gasteiger partial charge on any atom is 0.0630 e. The zero-order valence-corrected chi connectivity index (χ0v) is 16.0. The van der Waals surface area contributed by atoms with Crippen molar-refractivity contribution >= 4 is 17.6 Å². The number of aliphatic imine (C=N–C) groups is 1. The molecule has 0 saturated carbocycles. The Bertz CT molecular complexity index is 1030. The van der Waals surface area contributed by atoms with Gasteiger partial charge in [0.1, 0.15) is 0 Å². The van der Waals surface area contributed by atoms with Gasteiger partial charge in [-0.05, 0) is 54.2 Å². The summed E-state index contributed by atoms with van der Waals surface area (Å²) in [5.74, 6) is 1.10. The number of hydrogen-bond donors (Lipinski definition) is 1. The van der Waals surface area contributed by atoms with Crippen molar-refractivity contribution in [3.63, 3.8) is 0 Å². The predicted molar refractivity (Wildman–Crippen MR) is 118 cm³/mol. The van der Waals surface area contributed by atoms with E-state index in [0.717, 1.165) is 17.7 Å². The molecule has 0 unspecified atom stereocenters. The Kier molecular flexibility index (Phi) is 4.32. The van der Waals surface area contributed by atoms with Crippen LogP contribution in [0.1, 0.15) is 40.6 Å². The minimum atomic E-state index is 0.338. The summed E-state index contributed by atoms with van der Waals surface area (Å²) < 4.78 is 0. The van der Waals surface area contributed by atoms with Gasteiger partial charge in [-0.1, -0.05) is 72.3 Å². The summed E-state index contributed by atoms with van der Waals surface area (Å²) in [4.78, 5) is 4.64. The number of nitrogens with one attached hydrogen (secondary N) is 1. The van der Waals surface area contributed by atoms with Crippen molar-refractivity contribution in [2.75, 3.05) is 5.32 Å². The molecule has 0 amide bonds. The van der Waals surface area contributed by atoms with Crippen LogP contribution in [0.2, 0.25) is 0 Å². The first-order valence-corrected chi connectivity index (χ1v) is 10.0. The van der Waals surface area contributed by atoms with Crippen molar-refractivity contribution < 1.29 is 0 Å². The number of para-hydroxylation sites is 1. The maximum atomic E-state index is 4.64. The van der Waals surface area contributed by atoms with Crippen LogP contribution in [-0.2, 0) is 0 Å². The lowest BCUT2D eigenvalue weighted by Gasteiger charge is -2.37. The topological polar surface area (TPSA) is 24.4 Å². The van der Waals surface area contributed by atoms with Crippen molar-refractivity contribution in [2.45, 2.75) is 25.3 Å². The van der Waals surface area contributed by atoms with Crippen LogP contribution in [0.25, 0.3) is 0 Å². The summed E-state index contributed by atoms with van der Waals surface area (Å²) in [5.41, 5.74) is 7.41. The molecule has 0 radical (unpaired) electrons. The van der Waals surface area contributed by atoms with Crippen LogP contribution in [-0.4, -0.2) is 6.21 Å². The maximum absolute atomic E-state index is 4.64. The Labute approximate surface area is 166 Å². The standard InChI is InChI=1S/C26H24N2/c1-18-9-11-19(12-10-18)17-27-21-15-13-20(14-16-21)26-24-7-4-6-22(24)23-5-2-3-8-25(23)28-26/h2-6,8-17,22,24,26,28H,7H2,1H3/t22-,24-,26+/m1/s1. The summed E-state index contributed by atoms with van der Waals surface area (Å²) in [7, 11) is 0. The van der Waals surface area contributed by atoms with Gasteiger partial charge >= 0.3 is 0 Å². The van der Waals surface area contributed by atoms with Gasteiger partial charge in [0.25, 0.3) is 0 Å². The van der Waals surface area contributed by atoms with Crippen LogP contribution in [0.4, 0.5) is 11.4 Å². The number of benzene rings is 3. The van der Waals surface area contributed by atoms with Crippen LogP contribution in [0.5, 0.6) is 0 Å². The molecule has 0 aromatic heterocycles. The van der Waals surface area contributed by atoms with Gasteiger partial charge in [-0.25, -0.2) is 0 Å². The quantitative estimate of drug-likeness (QED) is 0.412. The van der Waals surface area contributed by atoms with Crippen LogP contribution in [0.3, 0.4) is 0 Å². The number of allylic oxidation sites excluding steroid dienone is 2. The molecule has 3 aromatic carbocycles. The fourth-order valence-corrected chi connectivity index (χ4v) is 4.44. The summed E-state index contributed by atoms with van der Waals surface area (Å²) in [6.45, 7) is 2.10. The molecule has 0 fully saturated rings. The number of aryl methyl sites for hydroxylation is 1. The lowest BCUT2D eigenvalue weighted by Crippen LogP contribution is -2.28. The Morgan fingerprint density at radius 2 is 1.71 bits per heavy atom. The second-order valence-corrected chi connectivity index (χ2v) is 7.82. The number of hydrogen-bond acceptors (Lipinski definition) is 2. The van der Waals surface area contributed by atoms with E-state index in [9.17, 15) is 0 Å². The largest absolute Gasteiger partial charge is 0.378 e. The van der Waals surface area contributed by atoms with E-state index in [1.807, 2.05) is 6.21 Å². The van der Waals surface area contributed by atoms with Gasteiger partial charge in [0.15, 0.2) is 0 Å². The molecule has 1 N–H and O–H groups in total. The van der Waals surface area contributed by atoms with E-state index in [1.165, 1.54) is 22.4 Å². The summed E-state index contributed by atoms with van der Waals surface area (Å²) in [5, 5.41) is 3.79. The molecular formula is C26H24N2. The first-order chi connectivity index (χ1) is 13.8. The molecule has 5 rings (SSSR count). The second-order valence-electron chi connectivity index (χ2n) is 7.82. The lowest BCUT2D eigenvalue weighted by molar-refractivity contribution is 0.425. The molecule has 3 atom stereocenters. The fourth-order valence-electron chi connectivity index (χ4n) is 4.44. The molecule has 2 heteroatoms. The first kappa shape index (κ1) is 17.0. The monoisotopic (exact) mass is 364 g/mol. The zero-order chi connectivity index (χ0) is 18.9. The highest BCUT2D eigenvalue weighted by molar-refractivity contribution is 5.81. The van der Waals surface area contributed by atoms with Crippen molar-refractivity contribution in [3.8, 4) is 0 Å². The van der Waals surface area contributed by atoms with Crippen LogP contribution in [0, 0.1) is 12.8 Å². The van der Waals surface area contributed by atoms with E-state index in [-0.39, 0.29) is 0 Å². The average molecular weight is 364 g/mol. The van der Waals surface area contributed by atoms with E-state index < -0.39 is 0 Å². The highest BCUT2D eigenvalue weighted by Crippen LogP contribution is 2.49. The molecule has 1 aliphatic heterocycles. The molecular weight excluding hydrogens is 340 g/mol. The Morgan fingerprint density at radius 3 is 2.54 bits per heavy atom. The summed E-state index contributed by atoms with van der Waals surface area (Å²) in [6, 6.07) is 26.2. The highest BCUT2D eigenvalue weighted by atomic mass is 15.0. The third-order valence-electron chi connectivity index (χ3n) is 5.96. The summed E-state index contributed by atoms with van der Waals surface area (Å²) >= 11 is 0. The minimum absolute atomic E-state index is 0.338. The van der Waals surface area contributed by atoms with E-state index >= 15 is 0 Å². The first-order valence-electron chi connectivity index (χ1n) is 10.0. The van der Waals surface area contributed by atoms with Crippen LogP contribution < -0.4 is 5.32 Å². The molecule has 0 bridgehead atoms. The molecule has 0 spiro atoms. The van der Waals surface area contributed by atoms with Crippen molar-refractivity contribution in [3.05, 3.63) is 107 Å². The minimum Gasteiger partial charge on any atom is -0.378 e. The van der Waals surface area contributed by atoms with E-state index in [2.05, 4.69) is 102 Å². The SMILES string of the molecule is Cc1ccc(C=Nc2ccc([C@@H]3Nc4ccccc4[C@H]4C=CC[C@H]43)cc2)cc1. The van der Waals surface area contributed by atoms with Crippen molar-refractivity contribution in [2.24, 2.45) is 10.9 Å². The Balaban J connectivity index is 1.38. The van der Waals surface area contributed by atoms with Crippen molar-refractivity contribution in [1.29, 1.82) is 0 Å². The Morgan fingerprint density at radius 1 is 0.929 bits per heavy atom. The molecule has 1 heterocycles. The normalized spacial score (nSPS) is 22.7. The molecule has 28 heavy (non-hydrogen) atoms. The average Bonchev–Trinajstić information content (AvgIpc) is 3.23. The van der Waals surface area contributed by atoms with Gasteiger partial charge in [-0.3, -0.25) is 4.99 Å². The third-order valence-corrected chi connectivity index (χ3v) is 5.96. The lowest BCUT2D eigenvalue weighted by atomic mass is 9.77. The van der Waals surface area contributed by atoms with E-state index in [1.54, 1.807) is 0 Å². The van der Waals surface area contributed by atoms with Gasteiger partial charge in [0, 0.05) is 17.8 Å². The molecule has 0 saturated heterocycles. The molecule has 1 aliphatic carbocycles. The third kappa shape index (κ3) is 3.16. The van der Waals surface area contributed by atoms with Gasteiger partial charge in [-0.15, -0.1) is 0 Å². The number of rotatable bonds is 3. The number of nitrogens with zero attached hydrogens (tertiary/aromatic N) is 1. The second kappa shape index (κ2) is 7.12. The van der Waals surface area contributed by atoms with E-state index in [4.69, 9.17) is 0 Å². The Hall–Kier alpha value is -3.13. The highest BCUT2D eigenvalue weighted by Gasteiger charge is 2.37. The zero-order valence-electron chi connectivity index (χ0n) is 16.0. The predicted octanol–water partition coefficient (Wildman–Crippen LogP) is 6.57. The fraction of sp³-hybridized carbons (Fsp3) is 0.192. The molecule has 3 aromatic rings. The van der Waals surface area contributed by atoms with Gasteiger partial charge < -0.3 is 5.32 Å². The van der Waals surface area contributed by atoms with Crippen molar-refractivity contribution in [1.82, 2.24) is 0 Å². The van der Waals surface area contributed by atoms with Gasteiger partial charge in [-0.2, -0.15) is 0 Å². The van der Waals surface area contributed by atoms with Crippen LogP contribution >= 0.6 is 0 Å². The summed E-state index contributed by atoms with van der Waals surface area (Å²) in [6.07, 6.45) is 7.79. The van der Waals surface area contributed by atoms with E-state index in [0.29, 0.717) is 17.9 Å². The van der Waals surface area contributed by atoms with Crippen LogP contribution in [0.15, 0.2) is 89.9 Å². The van der Waals surface area contributed by atoms with Gasteiger partial charge in [0.05, 0.1) is 11.7 Å². The molecule has 2 nitrogen and oxygen atoms in total. The smallest absolute Gasteiger partial charge is 0.0630 e. The number of anilines is 1. The van der Waals surface area contributed by atoms with Gasteiger partial charge in [0.2, 0.25) is 0 Å². The number of fused-ring (bicyclic) bond motifs is 3.